The van der Waals surface area contributed by atoms with Gasteiger partial charge >= 0.3 is 0 Å². The predicted molar refractivity (Wildman–Crippen MR) is 77.9 cm³/mol. The molecule has 6 heteroatoms. The molecule has 0 aliphatic carbocycles. The molecule has 0 unspecified atom stereocenters. The number of rotatable bonds is 2. The fourth-order valence-corrected chi connectivity index (χ4v) is 2.21. The molecule has 0 heterocycles. The Labute approximate surface area is 122 Å². The summed E-state index contributed by atoms with van der Waals surface area (Å²) in [5.41, 5.74) is 6.66. The maximum absolute atomic E-state index is 13.1. The molecule has 0 fully saturated rings. The largest absolute Gasteiger partial charge is 0.399 e. The van der Waals surface area contributed by atoms with Crippen LogP contribution in [0.4, 0.5) is 15.8 Å². The lowest BCUT2D eigenvalue weighted by atomic mass is 10.2. The molecule has 0 bridgehead atoms. The molecule has 0 radical (unpaired) electrons. The summed E-state index contributed by atoms with van der Waals surface area (Å²) in [5.74, 6) is -0.894. The first-order chi connectivity index (χ1) is 8.95. The van der Waals surface area contributed by atoms with Crippen molar-refractivity contribution < 1.29 is 9.18 Å². The number of benzene rings is 2. The third kappa shape index (κ3) is 3.45. The minimum Gasteiger partial charge on any atom is -0.399 e. The molecular formula is C13H9BrClFN2O. The molecule has 2 aromatic carbocycles. The van der Waals surface area contributed by atoms with E-state index in [0.29, 0.717) is 15.7 Å². The molecule has 0 aromatic heterocycles. The third-order valence-corrected chi connectivity index (χ3v) is 3.15. The number of nitrogens with two attached hydrogens (primary N) is 1. The van der Waals surface area contributed by atoms with E-state index in [2.05, 4.69) is 21.2 Å². The van der Waals surface area contributed by atoms with Crippen molar-refractivity contribution in [1.82, 2.24) is 0 Å². The van der Waals surface area contributed by atoms with Crippen molar-refractivity contribution in [3.05, 3.63) is 57.3 Å². The summed E-state index contributed by atoms with van der Waals surface area (Å²) in [5, 5.41) is 2.80. The monoisotopic (exact) mass is 342 g/mol. The van der Waals surface area contributed by atoms with Crippen LogP contribution in [0.5, 0.6) is 0 Å². The van der Waals surface area contributed by atoms with Gasteiger partial charge < -0.3 is 11.1 Å². The van der Waals surface area contributed by atoms with E-state index < -0.39 is 11.7 Å². The van der Waals surface area contributed by atoms with E-state index in [1.807, 2.05) is 0 Å². The quantitative estimate of drug-likeness (QED) is 0.807. The van der Waals surface area contributed by atoms with Gasteiger partial charge in [-0.25, -0.2) is 4.39 Å². The summed E-state index contributed by atoms with van der Waals surface area (Å²) in [4.78, 5) is 12.0. The zero-order valence-electron chi connectivity index (χ0n) is 9.58. The summed E-state index contributed by atoms with van der Waals surface area (Å²) in [6.07, 6.45) is 0. The number of carbonyl (C=O) groups excluding carboxylic acids is 1. The zero-order chi connectivity index (χ0) is 14.0. The van der Waals surface area contributed by atoms with E-state index in [-0.39, 0.29) is 10.7 Å². The second kappa shape index (κ2) is 5.59. The second-order valence-corrected chi connectivity index (χ2v) is 5.17. The zero-order valence-corrected chi connectivity index (χ0v) is 11.9. The van der Waals surface area contributed by atoms with Crippen LogP contribution < -0.4 is 11.1 Å². The van der Waals surface area contributed by atoms with Crippen LogP contribution in [-0.2, 0) is 0 Å². The number of amides is 1. The van der Waals surface area contributed by atoms with E-state index in [1.165, 1.54) is 18.2 Å². The van der Waals surface area contributed by atoms with Crippen LogP contribution in [0, 0.1) is 5.82 Å². The number of carbonyl (C=O) groups is 1. The number of anilines is 2. The number of hydrogen-bond donors (Lipinski definition) is 2. The molecule has 19 heavy (non-hydrogen) atoms. The van der Waals surface area contributed by atoms with Gasteiger partial charge in [0.1, 0.15) is 5.82 Å². The summed E-state index contributed by atoms with van der Waals surface area (Å²) in [6.45, 7) is 0. The van der Waals surface area contributed by atoms with E-state index in [9.17, 15) is 9.18 Å². The summed E-state index contributed by atoms with van der Waals surface area (Å²) in [6, 6.07) is 8.55. The topological polar surface area (TPSA) is 55.1 Å². The minimum absolute atomic E-state index is 0.213. The molecule has 3 N–H and O–H groups in total. The Kier molecular flexibility index (Phi) is 4.07. The summed E-state index contributed by atoms with van der Waals surface area (Å²) >= 11 is 9.12. The standard InChI is InChI=1S/C13H9BrClFN2O/c14-8-3-7(4-10(17)5-8)13(19)18-12-6-9(16)1-2-11(12)15/h1-6H,17H2,(H,18,19). The highest BCUT2D eigenvalue weighted by molar-refractivity contribution is 9.10. The van der Waals surface area contributed by atoms with Gasteiger partial charge in [0.05, 0.1) is 10.7 Å². The van der Waals surface area contributed by atoms with E-state index >= 15 is 0 Å². The normalized spacial score (nSPS) is 10.3. The molecule has 0 saturated carbocycles. The SMILES string of the molecule is Nc1cc(Br)cc(C(=O)Nc2cc(F)ccc2Cl)c1. The van der Waals surface area contributed by atoms with Crippen molar-refractivity contribution >= 4 is 44.8 Å². The van der Waals surface area contributed by atoms with E-state index in [0.717, 1.165) is 6.07 Å². The fraction of sp³-hybridized carbons (Fsp3) is 0. The number of nitrogens with one attached hydrogen (secondary N) is 1. The van der Waals surface area contributed by atoms with Gasteiger partial charge in [-0.1, -0.05) is 27.5 Å². The van der Waals surface area contributed by atoms with Gasteiger partial charge in [0.2, 0.25) is 0 Å². The first kappa shape index (κ1) is 13.8. The van der Waals surface area contributed by atoms with Crippen molar-refractivity contribution in [3.63, 3.8) is 0 Å². The van der Waals surface area contributed by atoms with Crippen molar-refractivity contribution in [3.8, 4) is 0 Å². The molecule has 0 atom stereocenters. The second-order valence-electron chi connectivity index (χ2n) is 3.85. The molecule has 98 valence electrons. The van der Waals surface area contributed by atoms with Crippen LogP contribution in [0.15, 0.2) is 40.9 Å². The maximum Gasteiger partial charge on any atom is 0.255 e. The average molecular weight is 344 g/mol. The van der Waals surface area contributed by atoms with Crippen LogP contribution in [0.1, 0.15) is 10.4 Å². The van der Waals surface area contributed by atoms with Crippen LogP contribution in [0.25, 0.3) is 0 Å². The first-order valence-corrected chi connectivity index (χ1v) is 6.45. The molecule has 0 saturated heterocycles. The Morgan fingerprint density at radius 1 is 1.26 bits per heavy atom. The van der Waals surface area contributed by atoms with Gasteiger partial charge in [-0.05, 0) is 36.4 Å². The number of nitrogen functional groups attached to an aromatic ring is 1. The summed E-state index contributed by atoms with van der Waals surface area (Å²) in [7, 11) is 0. The van der Waals surface area contributed by atoms with E-state index in [1.54, 1.807) is 12.1 Å². The van der Waals surface area contributed by atoms with Gasteiger partial charge in [-0.15, -0.1) is 0 Å². The van der Waals surface area contributed by atoms with Gasteiger partial charge in [-0.2, -0.15) is 0 Å². The molecule has 3 nitrogen and oxygen atoms in total. The smallest absolute Gasteiger partial charge is 0.255 e. The van der Waals surface area contributed by atoms with Crippen molar-refractivity contribution in [2.24, 2.45) is 0 Å². The van der Waals surface area contributed by atoms with Gasteiger partial charge in [0, 0.05) is 15.7 Å². The number of halogens is 3. The highest BCUT2D eigenvalue weighted by Crippen LogP contribution is 2.24. The molecule has 2 rings (SSSR count). The fourth-order valence-electron chi connectivity index (χ4n) is 1.53. The van der Waals surface area contributed by atoms with Crippen LogP contribution >= 0.6 is 27.5 Å². The van der Waals surface area contributed by atoms with Crippen molar-refractivity contribution in [2.45, 2.75) is 0 Å². The average Bonchev–Trinajstić information content (AvgIpc) is 2.32. The molecule has 0 spiro atoms. The Morgan fingerprint density at radius 2 is 2.00 bits per heavy atom. The predicted octanol–water partition coefficient (Wildman–Crippen LogP) is 4.08. The van der Waals surface area contributed by atoms with Gasteiger partial charge in [0.25, 0.3) is 5.91 Å². The van der Waals surface area contributed by atoms with Crippen LogP contribution in [-0.4, -0.2) is 5.91 Å². The number of hydrogen-bond acceptors (Lipinski definition) is 2. The van der Waals surface area contributed by atoms with Crippen LogP contribution in [0.2, 0.25) is 5.02 Å². The maximum atomic E-state index is 13.1. The minimum atomic E-state index is -0.478. The highest BCUT2D eigenvalue weighted by Gasteiger charge is 2.10. The molecule has 1 amide bonds. The Hall–Kier alpha value is -1.59. The van der Waals surface area contributed by atoms with Crippen LogP contribution in [0.3, 0.4) is 0 Å². The lowest BCUT2D eigenvalue weighted by molar-refractivity contribution is 0.102. The Balaban J connectivity index is 2.28. The van der Waals surface area contributed by atoms with Gasteiger partial charge in [-0.3, -0.25) is 4.79 Å². The Bertz CT molecular complexity index is 628. The van der Waals surface area contributed by atoms with Crippen molar-refractivity contribution in [1.29, 1.82) is 0 Å². The molecule has 2 aromatic rings. The van der Waals surface area contributed by atoms with E-state index in [4.69, 9.17) is 17.3 Å². The van der Waals surface area contributed by atoms with Crippen molar-refractivity contribution in [2.75, 3.05) is 11.1 Å². The molecule has 0 aliphatic rings. The first-order valence-electron chi connectivity index (χ1n) is 5.28. The molecular weight excluding hydrogens is 335 g/mol. The lowest BCUT2D eigenvalue weighted by Crippen LogP contribution is -2.12. The summed E-state index contributed by atoms with van der Waals surface area (Å²) < 4.78 is 13.8. The van der Waals surface area contributed by atoms with Gasteiger partial charge in [0.15, 0.2) is 0 Å². The third-order valence-electron chi connectivity index (χ3n) is 2.36. The lowest BCUT2D eigenvalue weighted by Gasteiger charge is -2.08. The molecule has 0 aliphatic heterocycles. The Morgan fingerprint density at radius 3 is 2.68 bits per heavy atom. The highest BCUT2D eigenvalue weighted by atomic mass is 79.9.